The highest BCUT2D eigenvalue weighted by molar-refractivity contribution is 5.98. The van der Waals surface area contributed by atoms with Crippen LogP contribution in [0.2, 0.25) is 0 Å². The maximum Gasteiger partial charge on any atom is 0.341 e. The molecule has 0 radical (unpaired) electrons. The summed E-state index contributed by atoms with van der Waals surface area (Å²) >= 11 is 0. The molecule has 2 amide bonds. The number of aliphatic hydroxyl groups excluding tert-OH is 1. The predicted octanol–water partition coefficient (Wildman–Crippen LogP) is 6.83. The van der Waals surface area contributed by atoms with Crippen molar-refractivity contribution in [2.45, 2.75) is 116 Å². The van der Waals surface area contributed by atoms with Crippen LogP contribution in [0.5, 0.6) is 0 Å². The molecule has 6 nitrogen and oxygen atoms in total. The van der Waals surface area contributed by atoms with Crippen molar-refractivity contribution in [3.8, 4) is 0 Å². The molecule has 2 N–H and O–H groups in total. The van der Waals surface area contributed by atoms with Crippen molar-refractivity contribution in [3.05, 3.63) is 34.9 Å². The Morgan fingerprint density at radius 2 is 1.51 bits per heavy atom. The average molecular weight is 487 g/mol. The molecule has 1 aliphatic rings. The molecule has 2 unspecified atom stereocenters. The monoisotopic (exact) mass is 486 g/mol. The van der Waals surface area contributed by atoms with E-state index < -0.39 is 6.03 Å². The summed E-state index contributed by atoms with van der Waals surface area (Å²) in [5.41, 5.74) is 3.51. The number of carbonyl (C=O) groups is 2. The lowest BCUT2D eigenvalue weighted by Crippen LogP contribution is -2.42. The molecule has 2 atom stereocenters. The highest BCUT2D eigenvalue weighted by Crippen LogP contribution is 2.33. The summed E-state index contributed by atoms with van der Waals surface area (Å²) in [4.78, 5) is 27.0. The molecular formula is C29H46N2O4. The second-order valence-corrected chi connectivity index (χ2v) is 9.86. The fraction of sp³-hybridized carbons (Fsp3) is 0.690. The van der Waals surface area contributed by atoms with Crippen LogP contribution in [0.3, 0.4) is 0 Å². The fourth-order valence-electron chi connectivity index (χ4n) is 5.14. The van der Waals surface area contributed by atoms with E-state index in [1.807, 2.05) is 12.1 Å². The molecule has 1 aromatic carbocycles. The molecule has 0 aromatic heterocycles. The van der Waals surface area contributed by atoms with E-state index >= 15 is 0 Å². The van der Waals surface area contributed by atoms with Gasteiger partial charge in [-0.3, -0.25) is 4.79 Å². The van der Waals surface area contributed by atoms with Crippen LogP contribution in [0.1, 0.15) is 120 Å². The Bertz CT molecular complexity index is 793. The van der Waals surface area contributed by atoms with Gasteiger partial charge in [0, 0.05) is 5.71 Å². The maximum atomic E-state index is 12.2. The maximum absolute atomic E-state index is 12.2. The van der Waals surface area contributed by atoms with E-state index in [1.54, 1.807) is 6.92 Å². The largest absolute Gasteiger partial charge is 0.467 e. The zero-order valence-electron chi connectivity index (χ0n) is 21.9. The third kappa shape index (κ3) is 10.1. The molecule has 196 valence electrons. The van der Waals surface area contributed by atoms with Gasteiger partial charge in [-0.2, -0.15) is 0 Å². The molecule has 6 heteroatoms. The lowest BCUT2D eigenvalue weighted by Gasteiger charge is -2.33. The first-order chi connectivity index (χ1) is 17.1. The number of ether oxygens (including phenoxy) is 1. The molecule has 0 fully saturated rings. The number of hydrogen-bond donors (Lipinski definition) is 2. The molecule has 2 rings (SSSR count). The molecule has 0 aliphatic carbocycles. The third-order valence-electron chi connectivity index (χ3n) is 7.16. The first-order valence-electron chi connectivity index (χ1n) is 13.7. The van der Waals surface area contributed by atoms with Crippen LogP contribution in [0.25, 0.3) is 0 Å². The van der Waals surface area contributed by atoms with Crippen molar-refractivity contribution in [2.24, 2.45) is 10.9 Å². The molecule has 0 saturated heterocycles. The van der Waals surface area contributed by atoms with Gasteiger partial charge in [-0.05, 0) is 36.5 Å². The van der Waals surface area contributed by atoms with Crippen LogP contribution in [0.4, 0.5) is 4.79 Å². The highest BCUT2D eigenvalue weighted by Gasteiger charge is 2.34. The number of amides is 2. The van der Waals surface area contributed by atoms with Crippen LogP contribution in [-0.2, 0) is 22.6 Å². The molecule has 0 spiro atoms. The third-order valence-corrected chi connectivity index (χ3v) is 7.16. The average Bonchev–Trinajstić information content (AvgIpc) is 2.85. The number of nitrogens with zero attached hydrogens (tertiary/aromatic N) is 1. The number of aliphatic hydroxyl groups is 1. The number of nitrogens with one attached hydrogen (secondary N) is 1. The minimum atomic E-state index is -0.394. The Hall–Kier alpha value is -2.21. The molecule has 1 aliphatic heterocycles. The quantitative estimate of drug-likeness (QED) is 0.166. The number of benzene rings is 1. The highest BCUT2D eigenvalue weighted by atomic mass is 16.5. The van der Waals surface area contributed by atoms with Crippen molar-refractivity contribution in [2.75, 3.05) is 6.61 Å². The summed E-state index contributed by atoms with van der Waals surface area (Å²) in [5, 5.41) is 13.0. The standard InChI is InChI=1S/C29H46N2O4/c1-3-4-5-6-7-8-9-10-11-12-13-14-15-17-24-18-16-19-25(20-32)27(24)28-26(21-35-22-33)23(2)30-29(34)31-28/h16,18-19,22,26,28,32H,3-15,17,20-21H2,1-2H3,(H,31,34). The zero-order valence-corrected chi connectivity index (χ0v) is 21.9. The van der Waals surface area contributed by atoms with E-state index in [0.717, 1.165) is 29.5 Å². The Morgan fingerprint density at radius 1 is 0.943 bits per heavy atom. The van der Waals surface area contributed by atoms with Gasteiger partial charge >= 0.3 is 6.03 Å². The van der Waals surface area contributed by atoms with Crippen LogP contribution in [0.15, 0.2) is 23.2 Å². The second kappa shape index (κ2) is 17.3. The van der Waals surface area contributed by atoms with Crippen molar-refractivity contribution >= 4 is 18.2 Å². The van der Waals surface area contributed by atoms with Crippen molar-refractivity contribution in [1.29, 1.82) is 0 Å². The zero-order chi connectivity index (χ0) is 25.3. The smallest absolute Gasteiger partial charge is 0.341 e. The van der Waals surface area contributed by atoms with Gasteiger partial charge in [0.15, 0.2) is 0 Å². The van der Waals surface area contributed by atoms with Gasteiger partial charge in [-0.1, -0.05) is 102 Å². The van der Waals surface area contributed by atoms with Crippen LogP contribution in [-0.4, -0.2) is 29.9 Å². The Balaban J connectivity index is 1.83. The predicted molar refractivity (Wildman–Crippen MR) is 142 cm³/mol. The molecule has 35 heavy (non-hydrogen) atoms. The summed E-state index contributed by atoms with van der Waals surface area (Å²) in [5.74, 6) is -0.254. The number of aliphatic imine (C=N–C) groups is 1. The molecule has 0 saturated carbocycles. The van der Waals surface area contributed by atoms with Gasteiger partial charge in [-0.15, -0.1) is 0 Å². The first kappa shape index (κ1) is 29.0. The van der Waals surface area contributed by atoms with Gasteiger partial charge in [-0.25, -0.2) is 9.79 Å². The summed E-state index contributed by atoms with van der Waals surface area (Å²) in [6.07, 6.45) is 18.0. The van der Waals surface area contributed by atoms with Crippen molar-refractivity contribution in [3.63, 3.8) is 0 Å². The fourth-order valence-corrected chi connectivity index (χ4v) is 5.14. The Kier molecular flexibility index (Phi) is 14.3. The normalized spacial score (nSPS) is 17.7. The number of hydrogen-bond acceptors (Lipinski definition) is 4. The molecule has 0 bridgehead atoms. The minimum absolute atomic E-state index is 0.106. The Morgan fingerprint density at radius 3 is 2.09 bits per heavy atom. The van der Waals surface area contributed by atoms with Crippen molar-refractivity contribution < 1.29 is 19.4 Å². The van der Waals surface area contributed by atoms with E-state index in [-0.39, 0.29) is 25.2 Å². The number of urea groups is 1. The van der Waals surface area contributed by atoms with E-state index in [1.165, 1.54) is 77.0 Å². The number of aryl methyl sites for hydroxylation is 1. The van der Waals surface area contributed by atoms with Gasteiger partial charge < -0.3 is 15.2 Å². The topological polar surface area (TPSA) is 88.0 Å². The number of rotatable bonds is 19. The summed E-state index contributed by atoms with van der Waals surface area (Å²) in [7, 11) is 0. The van der Waals surface area contributed by atoms with Crippen LogP contribution < -0.4 is 5.32 Å². The second-order valence-electron chi connectivity index (χ2n) is 9.86. The van der Waals surface area contributed by atoms with E-state index in [0.29, 0.717) is 12.2 Å². The Labute approximate surface area is 211 Å². The van der Waals surface area contributed by atoms with E-state index in [4.69, 9.17) is 4.74 Å². The molecule has 1 heterocycles. The van der Waals surface area contributed by atoms with Crippen molar-refractivity contribution in [1.82, 2.24) is 5.32 Å². The summed E-state index contributed by atoms with van der Waals surface area (Å²) in [6, 6.07) is 5.18. The van der Waals surface area contributed by atoms with Gasteiger partial charge in [0.05, 0.1) is 18.6 Å². The number of carbonyl (C=O) groups excluding carboxylic acids is 2. The van der Waals surface area contributed by atoms with Gasteiger partial charge in [0.1, 0.15) is 6.61 Å². The first-order valence-corrected chi connectivity index (χ1v) is 13.7. The van der Waals surface area contributed by atoms with Gasteiger partial charge in [0.2, 0.25) is 0 Å². The van der Waals surface area contributed by atoms with Crippen LogP contribution >= 0.6 is 0 Å². The van der Waals surface area contributed by atoms with Crippen LogP contribution in [0, 0.1) is 5.92 Å². The summed E-state index contributed by atoms with van der Waals surface area (Å²) in [6.45, 7) is 4.51. The lowest BCUT2D eigenvalue weighted by molar-refractivity contribution is -0.129. The molecular weight excluding hydrogens is 440 g/mol. The number of unbranched alkanes of at least 4 members (excludes halogenated alkanes) is 12. The lowest BCUT2D eigenvalue weighted by atomic mass is 9.83. The van der Waals surface area contributed by atoms with E-state index in [9.17, 15) is 14.7 Å². The van der Waals surface area contributed by atoms with Gasteiger partial charge in [0.25, 0.3) is 6.47 Å². The molecule has 1 aromatic rings. The van der Waals surface area contributed by atoms with E-state index in [2.05, 4.69) is 23.3 Å². The SMILES string of the molecule is CCCCCCCCCCCCCCCc1cccc(CO)c1C1NC(=O)N=C(C)C1COC=O. The summed E-state index contributed by atoms with van der Waals surface area (Å²) < 4.78 is 5.05. The minimum Gasteiger partial charge on any atom is -0.467 e.